The molecule has 0 aliphatic heterocycles. The average molecular weight is 277 g/mol. The Labute approximate surface area is 112 Å². The van der Waals surface area contributed by atoms with Crippen molar-refractivity contribution in [2.45, 2.75) is 52.0 Å². The molecule has 0 fully saturated rings. The minimum Gasteiger partial charge on any atom is -0.481 e. The molecule has 7 nitrogen and oxygen atoms in total. The van der Waals surface area contributed by atoms with Crippen LogP contribution in [0.1, 0.15) is 46.0 Å². The zero-order valence-electron chi connectivity index (χ0n) is 11.3. The van der Waals surface area contributed by atoms with E-state index in [2.05, 4.69) is 0 Å². The second-order valence-corrected chi connectivity index (χ2v) is 4.57. The van der Waals surface area contributed by atoms with Crippen LogP contribution in [-0.2, 0) is 14.4 Å². The van der Waals surface area contributed by atoms with Gasteiger partial charge in [0.15, 0.2) is 0 Å². The van der Waals surface area contributed by atoms with E-state index in [1.54, 1.807) is 0 Å². The van der Waals surface area contributed by atoms with E-state index in [0.29, 0.717) is 25.2 Å². The van der Waals surface area contributed by atoms with Gasteiger partial charge in [-0.25, -0.2) is 0 Å². The molecule has 0 amide bonds. The number of rotatable bonds is 8. The van der Waals surface area contributed by atoms with E-state index in [9.17, 15) is 14.4 Å². The Bertz CT molecular complexity index is 274. The molecule has 1 unspecified atom stereocenters. The Hall–Kier alpha value is -1.63. The summed E-state index contributed by atoms with van der Waals surface area (Å²) in [6.07, 6.45) is 1.57. The molecule has 7 heteroatoms. The number of hydrogen-bond donors (Lipinski definition) is 4. The van der Waals surface area contributed by atoms with Crippen LogP contribution in [0.15, 0.2) is 0 Å². The van der Waals surface area contributed by atoms with Crippen molar-refractivity contribution >= 4 is 17.9 Å². The molecule has 0 heterocycles. The highest BCUT2D eigenvalue weighted by Crippen LogP contribution is 2.01. The van der Waals surface area contributed by atoms with Crippen molar-refractivity contribution in [3.8, 4) is 0 Å². The number of carbonyl (C=O) groups is 3. The van der Waals surface area contributed by atoms with E-state index in [1.165, 1.54) is 0 Å². The predicted molar refractivity (Wildman–Crippen MR) is 68.8 cm³/mol. The summed E-state index contributed by atoms with van der Waals surface area (Å²) < 4.78 is 0. The molecule has 0 saturated carbocycles. The van der Waals surface area contributed by atoms with Crippen LogP contribution in [0.3, 0.4) is 0 Å². The Balaban J connectivity index is 0. The van der Waals surface area contributed by atoms with Gasteiger partial charge in [0.1, 0.15) is 6.04 Å². The summed E-state index contributed by atoms with van der Waals surface area (Å²) in [4.78, 5) is 29.9. The zero-order valence-corrected chi connectivity index (χ0v) is 11.3. The van der Waals surface area contributed by atoms with Crippen LogP contribution in [0.2, 0.25) is 0 Å². The summed E-state index contributed by atoms with van der Waals surface area (Å²) >= 11 is 0. The van der Waals surface area contributed by atoms with Gasteiger partial charge in [-0.3, -0.25) is 14.4 Å². The molecule has 0 aromatic rings. The summed E-state index contributed by atoms with van der Waals surface area (Å²) in [5.41, 5.74) is 5.22. The van der Waals surface area contributed by atoms with E-state index in [1.807, 2.05) is 13.8 Å². The third-order valence-corrected chi connectivity index (χ3v) is 2.07. The highest BCUT2D eigenvalue weighted by atomic mass is 16.4. The summed E-state index contributed by atoms with van der Waals surface area (Å²) in [5, 5.41) is 24.6. The first kappa shape index (κ1) is 19.7. The van der Waals surface area contributed by atoms with Crippen molar-refractivity contribution in [1.29, 1.82) is 0 Å². The lowest BCUT2D eigenvalue weighted by atomic mass is 10.1. The number of carboxylic acid groups (broad SMARTS) is 3. The van der Waals surface area contributed by atoms with Gasteiger partial charge < -0.3 is 21.1 Å². The maximum Gasteiger partial charge on any atom is 0.320 e. The van der Waals surface area contributed by atoms with Gasteiger partial charge in [0, 0.05) is 12.8 Å². The monoisotopic (exact) mass is 277 g/mol. The molecular formula is C12H23NO6. The Kier molecular flexibility index (Phi) is 11.9. The van der Waals surface area contributed by atoms with Crippen LogP contribution in [0.4, 0.5) is 0 Å². The van der Waals surface area contributed by atoms with Gasteiger partial charge in [-0.2, -0.15) is 0 Å². The van der Waals surface area contributed by atoms with Crippen LogP contribution in [0, 0.1) is 5.92 Å². The quantitative estimate of drug-likeness (QED) is 0.488. The topological polar surface area (TPSA) is 138 Å². The van der Waals surface area contributed by atoms with Gasteiger partial charge in [-0.1, -0.05) is 13.8 Å². The van der Waals surface area contributed by atoms with E-state index in [-0.39, 0.29) is 12.8 Å². The lowest BCUT2D eigenvalue weighted by molar-refractivity contribution is -0.139. The molecule has 19 heavy (non-hydrogen) atoms. The molecule has 5 N–H and O–H groups in total. The molecule has 0 rings (SSSR count). The zero-order chi connectivity index (χ0) is 15.4. The minimum absolute atomic E-state index is 0.0628. The molecule has 0 aliphatic carbocycles. The summed E-state index contributed by atoms with van der Waals surface area (Å²) in [6.45, 7) is 3.89. The minimum atomic E-state index is -0.913. The maximum absolute atomic E-state index is 10.1. The fourth-order valence-corrected chi connectivity index (χ4v) is 1.16. The van der Waals surface area contributed by atoms with Gasteiger partial charge in [0.2, 0.25) is 0 Å². The standard InChI is InChI=1S/C6H13NO2.C6H10O4/c1-4(2)3-5(7)6(8)9;7-5(8)3-1-2-4-6(9)10/h4-5H,3,7H2,1-2H3,(H,8,9);1-4H2,(H,7,8)(H,9,10). The first-order valence-electron chi connectivity index (χ1n) is 6.08. The summed E-state index contributed by atoms with van der Waals surface area (Å²) in [7, 11) is 0. The third kappa shape index (κ3) is 18.9. The fraction of sp³-hybridized carbons (Fsp3) is 0.750. The Morgan fingerprint density at radius 3 is 1.47 bits per heavy atom. The highest BCUT2D eigenvalue weighted by molar-refractivity contribution is 5.73. The van der Waals surface area contributed by atoms with E-state index < -0.39 is 23.9 Å². The number of hydrogen-bond acceptors (Lipinski definition) is 4. The Morgan fingerprint density at radius 1 is 0.947 bits per heavy atom. The molecule has 0 spiro atoms. The molecule has 0 aliphatic rings. The van der Waals surface area contributed by atoms with Crippen LogP contribution in [0.25, 0.3) is 0 Å². The second kappa shape index (κ2) is 11.5. The van der Waals surface area contributed by atoms with Crippen LogP contribution in [-0.4, -0.2) is 39.3 Å². The molecule has 0 radical (unpaired) electrons. The second-order valence-electron chi connectivity index (χ2n) is 4.57. The SMILES string of the molecule is CC(C)CC(N)C(=O)O.O=C(O)CCCCC(=O)O. The van der Waals surface area contributed by atoms with Crippen molar-refractivity contribution in [2.75, 3.05) is 0 Å². The first-order valence-corrected chi connectivity index (χ1v) is 6.08. The molecule has 112 valence electrons. The summed E-state index contributed by atoms with van der Waals surface area (Å²) in [5.74, 6) is -2.30. The number of nitrogens with two attached hydrogens (primary N) is 1. The van der Waals surface area contributed by atoms with Crippen molar-refractivity contribution in [3.05, 3.63) is 0 Å². The molecular weight excluding hydrogens is 254 g/mol. The van der Waals surface area contributed by atoms with Crippen LogP contribution >= 0.6 is 0 Å². The van der Waals surface area contributed by atoms with E-state index in [0.717, 1.165) is 0 Å². The lowest BCUT2D eigenvalue weighted by Crippen LogP contribution is -2.31. The van der Waals surface area contributed by atoms with Crippen molar-refractivity contribution in [1.82, 2.24) is 0 Å². The smallest absolute Gasteiger partial charge is 0.320 e. The van der Waals surface area contributed by atoms with E-state index in [4.69, 9.17) is 21.1 Å². The maximum atomic E-state index is 10.1. The van der Waals surface area contributed by atoms with Gasteiger partial charge in [0.05, 0.1) is 0 Å². The number of carboxylic acids is 3. The van der Waals surface area contributed by atoms with Gasteiger partial charge in [0.25, 0.3) is 0 Å². The molecule has 0 bridgehead atoms. The number of unbranched alkanes of at least 4 members (excludes halogenated alkanes) is 1. The number of aliphatic carboxylic acids is 3. The Morgan fingerprint density at radius 2 is 1.32 bits per heavy atom. The molecule has 0 aromatic carbocycles. The van der Waals surface area contributed by atoms with Crippen molar-refractivity contribution < 1.29 is 29.7 Å². The first-order chi connectivity index (χ1) is 8.66. The molecule has 0 aromatic heterocycles. The third-order valence-electron chi connectivity index (χ3n) is 2.07. The van der Waals surface area contributed by atoms with Gasteiger partial charge in [-0.05, 0) is 25.2 Å². The van der Waals surface area contributed by atoms with Gasteiger partial charge >= 0.3 is 17.9 Å². The average Bonchev–Trinajstić information content (AvgIpc) is 2.23. The van der Waals surface area contributed by atoms with Crippen LogP contribution in [0.5, 0.6) is 0 Å². The normalized spacial score (nSPS) is 11.4. The molecule has 0 saturated heterocycles. The van der Waals surface area contributed by atoms with Crippen LogP contribution < -0.4 is 5.73 Å². The van der Waals surface area contributed by atoms with Gasteiger partial charge in [-0.15, -0.1) is 0 Å². The highest BCUT2D eigenvalue weighted by Gasteiger charge is 2.11. The van der Waals surface area contributed by atoms with Crippen molar-refractivity contribution in [2.24, 2.45) is 11.7 Å². The predicted octanol–water partition coefficient (Wildman–Crippen LogP) is 1.16. The fourth-order valence-electron chi connectivity index (χ4n) is 1.16. The molecule has 1 atom stereocenters. The van der Waals surface area contributed by atoms with Crippen molar-refractivity contribution in [3.63, 3.8) is 0 Å². The summed E-state index contributed by atoms with van der Waals surface area (Å²) in [6, 6.07) is -0.690. The largest absolute Gasteiger partial charge is 0.481 e. The van der Waals surface area contributed by atoms with E-state index >= 15 is 0 Å². The lowest BCUT2D eigenvalue weighted by Gasteiger charge is -2.07.